The van der Waals surface area contributed by atoms with Crippen LogP contribution in [0.25, 0.3) is 11.5 Å². The fourth-order valence-corrected chi connectivity index (χ4v) is 4.04. The highest BCUT2D eigenvalue weighted by molar-refractivity contribution is 7.84. The zero-order valence-electron chi connectivity index (χ0n) is 15.9. The maximum Gasteiger partial charge on any atom is 0.235 e. The third-order valence-electron chi connectivity index (χ3n) is 4.67. The Bertz CT molecular complexity index is 811. The molecule has 0 N–H and O–H groups in total. The number of amides is 1. The monoisotopic (exact) mass is 391 g/mol. The number of carbonyl (C=O) groups is 1. The largest absolute Gasteiger partial charge is 0.497 e. The first-order valence-corrected chi connectivity index (χ1v) is 10.4. The molecule has 7 nitrogen and oxygen atoms in total. The zero-order valence-corrected chi connectivity index (χ0v) is 16.8. The van der Waals surface area contributed by atoms with Crippen molar-refractivity contribution in [2.75, 3.05) is 46.1 Å². The summed E-state index contributed by atoms with van der Waals surface area (Å²) in [5.41, 5.74) is 1.45. The first kappa shape index (κ1) is 19.6. The summed E-state index contributed by atoms with van der Waals surface area (Å²) in [7, 11) is 2.33. The normalized spacial score (nSPS) is 16.3. The molecule has 146 valence electrons. The lowest BCUT2D eigenvalue weighted by molar-refractivity contribution is -0.129. The van der Waals surface area contributed by atoms with Gasteiger partial charge in [0.2, 0.25) is 11.8 Å². The molecule has 0 bridgehead atoms. The van der Waals surface area contributed by atoms with Gasteiger partial charge in [0.05, 0.1) is 18.6 Å². The van der Waals surface area contributed by atoms with Crippen molar-refractivity contribution in [3.63, 3.8) is 0 Å². The Morgan fingerprint density at radius 2 is 1.89 bits per heavy atom. The second-order valence-corrected chi connectivity index (χ2v) is 8.12. The van der Waals surface area contributed by atoms with Gasteiger partial charge in [0, 0.05) is 42.5 Å². The van der Waals surface area contributed by atoms with Crippen LogP contribution in [-0.2, 0) is 21.3 Å². The molecule has 1 aromatic carbocycles. The fraction of sp³-hybridized carbons (Fsp3) is 0.474. The van der Waals surface area contributed by atoms with Crippen LogP contribution in [0.15, 0.2) is 28.7 Å². The minimum atomic E-state index is -1.32. The summed E-state index contributed by atoms with van der Waals surface area (Å²) < 4.78 is 23.3. The summed E-state index contributed by atoms with van der Waals surface area (Å²) in [6, 6.07) is 7.40. The van der Waals surface area contributed by atoms with Gasteiger partial charge in [-0.25, -0.2) is 4.98 Å². The molecule has 8 heteroatoms. The summed E-state index contributed by atoms with van der Waals surface area (Å²) >= 11 is 0. The average Bonchev–Trinajstić information content (AvgIpc) is 3.02. The van der Waals surface area contributed by atoms with E-state index in [0.717, 1.165) is 24.4 Å². The van der Waals surface area contributed by atoms with Crippen molar-refractivity contribution in [3.05, 3.63) is 35.7 Å². The quantitative estimate of drug-likeness (QED) is 0.746. The highest BCUT2D eigenvalue weighted by Crippen LogP contribution is 2.24. The number of nitrogens with zero attached hydrogens (tertiary/aromatic N) is 3. The third kappa shape index (κ3) is 4.95. The van der Waals surface area contributed by atoms with Gasteiger partial charge in [-0.15, -0.1) is 0 Å². The van der Waals surface area contributed by atoms with E-state index in [-0.39, 0.29) is 17.4 Å². The summed E-state index contributed by atoms with van der Waals surface area (Å²) in [6.07, 6.45) is 0. The van der Waals surface area contributed by atoms with Crippen LogP contribution in [-0.4, -0.2) is 71.0 Å². The smallest absolute Gasteiger partial charge is 0.235 e. The van der Waals surface area contributed by atoms with Crippen molar-refractivity contribution in [2.45, 2.75) is 12.7 Å². The van der Waals surface area contributed by atoms with E-state index in [2.05, 4.69) is 9.88 Å². The predicted molar refractivity (Wildman–Crippen MR) is 104 cm³/mol. The first-order chi connectivity index (χ1) is 13.0. The van der Waals surface area contributed by atoms with Crippen molar-refractivity contribution < 1.29 is 18.2 Å². The summed E-state index contributed by atoms with van der Waals surface area (Å²) in [4.78, 5) is 20.8. The van der Waals surface area contributed by atoms with Crippen molar-refractivity contribution in [1.82, 2.24) is 14.8 Å². The van der Waals surface area contributed by atoms with Gasteiger partial charge in [0.15, 0.2) is 0 Å². The second-order valence-electron chi connectivity index (χ2n) is 6.66. The van der Waals surface area contributed by atoms with Gasteiger partial charge in [-0.1, -0.05) is 0 Å². The van der Waals surface area contributed by atoms with Crippen LogP contribution < -0.4 is 4.74 Å². The Morgan fingerprint density at radius 3 is 2.52 bits per heavy atom. The predicted octanol–water partition coefficient (Wildman–Crippen LogP) is 1.68. The number of ether oxygens (including phenoxy) is 1. The van der Waals surface area contributed by atoms with Gasteiger partial charge in [-0.2, -0.15) is 0 Å². The molecule has 0 unspecified atom stereocenters. The molecule has 3 rings (SSSR count). The molecule has 2 aromatic rings. The Morgan fingerprint density at radius 1 is 1.22 bits per heavy atom. The molecule has 1 amide bonds. The van der Waals surface area contributed by atoms with Crippen LogP contribution in [0.2, 0.25) is 0 Å². The van der Waals surface area contributed by atoms with Gasteiger partial charge in [-0.3, -0.25) is 9.00 Å². The number of oxazole rings is 1. The van der Waals surface area contributed by atoms with E-state index < -0.39 is 10.8 Å². The number of piperazine rings is 1. The molecule has 0 spiro atoms. The van der Waals surface area contributed by atoms with Crippen molar-refractivity contribution >= 4 is 16.7 Å². The van der Waals surface area contributed by atoms with Crippen molar-refractivity contribution in [3.8, 4) is 17.2 Å². The first-order valence-electron chi connectivity index (χ1n) is 8.88. The number of hydrogen-bond donors (Lipinski definition) is 0. The maximum absolute atomic E-state index is 12.5. The fourth-order valence-electron chi connectivity index (χ4n) is 2.91. The topological polar surface area (TPSA) is 75.9 Å². The van der Waals surface area contributed by atoms with Crippen LogP contribution in [0.3, 0.4) is 0 Å². The number of likely N-dealkylation sites (N-methyl/N-ethyl adjacent to an activating group) is 1. The lowest BCUT2D eigenvalue weighted by Crippen LogP contribution is -2.48. The number of carbonyl (C=O) groups excluding carboxylic acids is 1. The lowest BCUT2D eigenvalue weighted by atomic mass is 10.2. The molecule has 0 aliphatic carbocycles. The Kier molecular flexibility index (Phi) is 6.28. The molecule has 1 atom stereocenters. The lowest BCUT2D eigenvalue weighted by Gasteiger charge is -2.32. The summed E-state index contributed by atoms with van der Waals surface area (Å²) in [5.74, 6) is 2.04. The molecular weight excluding hydrogens is 366 g/mol. The van der Waals surface area contributed by atoms with Crippen LogP contribution in [0.1, 0.15) is 11.5 Å². The molecule has 0 saturated carbocycles. The standard InChI is InChI=1S/C19H25N3O4S/c1-14-17(20-19(26-14)15-4-6-16(25-3)7-5-15)12-27(24)13-18(23)22-10-8-21(2)9-11-22/h4-7H,8-13H2,1-3H3/t27-/m1/s1. The highest BCUT2D eigenvalue weighted by atomic mass is 32.2. The van der Waals surface area contributed by atoms with E-state index in [1.807, 2.05) is 31.3 Å². The van der Waals surface area contributed by atoms with Gasteiger partial charge in [-0.05, 0) is 38.2 Å². The van der Waals surface area contributed by atoms with Gasteiger partial charge in [0.25, 0.3) is 0 Å². The van der Waals surface area contributed by atoms with Crippen LogP contribution in [0.4, 0.5) is 0 Å². The minimum absolute atomic E-state index is 0.0217. The average molecular weight is 391 g/mol. The Labute approximate surface area is 161 Å². The Hall–Kier alpha value is -2.19. The highest BCUT2D eigenvalue weighted by Gasteiger charge is 2.22. The molecule has 1 aliphatic rings. The van der Waals surface area contributed by atoms with E-state index in [1.165, 1.54) is 0 Å². The SMILES string of the molecule is COc1ccc(-c2nc(C[S@@](=O)CC(=O)N3CCN(C)CC3)c(C)o2)cc1. The molecule has 1 aromatic heterocycles. The minimum Gasteiger partial charge on any atom is -0.497 e. The molecule has 1 fully saturated rings. The van der Waals surface area contributed by atoms with E-state index in [4.69, 9.17) is 9.15 Å². The number of benzene rings is 1. The Balaban J connectivity index is 1.60. The third-order valence-corrected chi connectivity index (χ3v) is 5.83. The molecule has 1 saturated heterocycles. The van der Waals surface area contributed by atoms with E-state index >= 15 is 0 Å². The van der Waals surface area contributed by atoms with Crippen LogP contribution in [0, 0.1) is 6.92 Å². The second kappa shape index (κ2) is 8.67. The van der Waals surface area contributed by atoms with Crippen LogP contribution in [0.5, 0.6) is 5.75 Å². The number of methoxy groups -OCH3 is 1. The maximum atomic E-state index is 12.5. The number of aryl methyl sites for hydroxylation is 1. The molecule has 2 heterocycles. The van der Waals surface area contributed by atoms with E-state index in [1.54, 1.807) is 18.9 Å². The van der Waals surface area contributed by atoms with Crippen molar-refractivity contribution in [2.24, 2.45) is 0 Å². The van der Waals surface area contributed by atoms with E-state index in [9.17, 15) is 9.00 Å². The summed E-state index contributed by atoms with van der Waals surface area (Å²) in [5, 5.41) is 0. The van der Waals surface area contributed by atoms with Gasteiger partial charge >= 0.3 is 0 Å². The molecule has 0 radical (unpaired) electrons. The van der Waals surface area contributed by atoms with Gasteiger partial charge < -0.3 is 19.0 Å². The zero-order chi connectivity index (χ0) is 19.4. The number of hydrogen-bond acceptors (Lipinski definition) is 6. The number of rotatable bonds is 6. The molecule has 27 heavy (non-hydrogen) atoms. The van der Waals surface area contributed by atoms with Crippen molar-refractivity contribution in [1.29, 1.82) is 0 Å². The number of aromatic nitrogens is 1. The van der Waals surface area contributed by atoms with E-state index in [0.29, 0.717) is 30.4 Å². The molecular formula is C19H25N3O4S. The van der Waals surface area contributed by atoms with Gasteiger partial charge in [0.1, 0.15) is 17.3 Å². The summed E-state index contributed by atoms with van der Waals surface area (Å²) in [6.45, 7) is 4.89. The molecule has 1 aliphatic heterocycles. The van der Waals surface area contributed by atoms with Crippen LogP contribution >= 0.6 is 0 Å².